The Labute approximate surface area is 229 Å². The zero-order chi connectivity index (χ0) is 27.4. The number of rotatable bonds is 7. The van der Waals surface area contributed by atoms with E-state index in [1.54, 1.807) is 37.6 Å². The molecule has 1 unspecified atom stereocenters. The normalized spacial score (nSPS) is 20.7. The van der Waals surface area contributed by atoms with Crippen LogP contribution >= 0.6 is 0 Å². The van der Waals surface area contributed by atoms with Gasteiger partial charge in [-0.1, -0.05) is 12.1 Å². The Kier molecular flexibility index (Phi) is 8.38. The van der Waals surface area contributed by atoms with Gasteiger partial charge in [0.25, 0.3) is 5.91 Å². The van der Waals surface area contributed by atoms with E-state index in [2.05, 4.69) is 10.3 Å². The summed E-state index contributed by atoms with van der Waals surface area (Å²) >= 11 is 0. The Hall–Kier alpha value is -3.56. The van der Waals surface area contributed by atoms with Gasteiger partial charge in [-0.3, -0.25) is 9.69 Å². The van der Waals surface area contributed by atoms with Crippen LogP contribution in [-0.2, 0) is 0 Å². The third-order valence-corrected chi connectivity index (χ3v) is 7.98. The van der Waals surface area contributed by atoms with Gasteiger partial charge >= 0.3 is 6.09 Å². The third-order valence-electron chi connectivity index (χ3n) is 7.98. The van der Waals surface area contributed by atoms with E-state index >= 15 is 0 Å². The molecule has 3 aliphatic rings. The molecular weight excluding hydrogens is 496 g/mol. The van der Waals surface area contributed by atoms with Crippen LogP contribution in [0.5, 0.6) is 11.5 Å². The number of benzene rings is 2. The number of anilines is 1. The maximum Gasteiger partial charge on any atom is 0.412 e. The van der Waals surface area contributed by atoms with E-state index in [9.17, 15) is 14.7 Å². The van der Waals surface area contributed by atoms with E-state index in [1.165, 1.54) is 22.8 Å². The Bertz CT molecular complexity index is 1190. The molecule has 2 fully saturated rings. The summed E-state index contributed by atoms with van der Waals surface area (Å²) in [6.45, 7) is 1.73. The van der Waals surface area contributed by atoms with E-state index < -0.39 is 6.09 Å². The second kappa shape index (κ2) is 12.1. The molecule has 1 aliphatic carbocycles. The van der Waals surface area contributed by atoms with Crippen LogP contribution < -0.4 is 19.8 Å². The van der Waals surface area contributed by atoms with Crippen molar-refractivity contribution >= 4 is 17.7 Å². The topological polar surface area (TPSA) is 94.6 Å². The molecular formula is C30H38N4O5. The van der Waals surface area contributed by atoms with Gasteiger partial charge in [0.1, 0.15) is 0 Å². The van der Waals surface area contributed by atoms with Crippen molar-refractivity contribution in [2.24, 2.45) is 0 Å². The van der Waals surface area contributed by atoms with Crippen molar-refractivity contribution in [1.29, 1.82) is 0 Å². The summed E-state index contributed by atoms with van der Waals surface area (Å²) in [6.07, 6.45) is 9.74. The molecule has 2 aromatic rings. The highest BCUT2D eigenvalue weighted by atomic mass is 16.5. The number of carbonyl (C=O) groups is 2. The smallest absolute Gasteiger partial charge is 0.412 e. The van der Waals surface area contributed by atoms with Gasteiger partial charge < -0.3 is 19.5 Å². The summed E-state index contributed by atoms with van der Waals surface area (Å²) in [5.41, 5.74) is 5.40. The van der Waals surface area contributed by atoms with Crippen LogP contribution in [0.1, 0.15) is 66.9 Å². The number of hydrogen-bond donors (Lipinski definition) is 2. The average molecular weight is 535 g/mol. The monoisotopic (exact) mass is 534 g/mol. The molecule has 2 aromatic carbocycles. The first-order valence-electron chi connectivity index (χ1n) is 13.8. The minimum Gasteiger partial charge on any atom is -0.493 e. The molecule has 2 N–H and O–H groups in total. The van der Waals surface area contributed by atoms with Crippen LogP contribution in [0.25, 0.3) is 0 Å². The average Bonchev–Trinajstić information content (AvgIpc) is 3.47. The van der Waals surface area contributed by atoms with Crippen LogP contribution in [0.4, 0.5) is 10.5 Å². The highest BCUT2D eigenvalue weighted by molar-refractivity contribution is 5.95. The summed E-state index contributed by atoms with van der Waals surface area (Å²) in [4.78, 5) is 29.1. The lowest BCUT2D eigenvalue weighted by Gasteiger charge is -2.35. The summed E-state index contributed by atoms with van der Waals surface area (Å²) in [7, 11) is 3.69. The fourth-order valence-electron chi connectivity index (χ4n) is 5.73. The van der Waals surface area contributed by atoms with Gasteiger partial charge in [0.2, 0.25) is 0 Å². The zero-order valence-electron chi connectivity index (χ0n) is 22.7. The SMILES string of the molecule is COc1ccc(C2CC=CN(C(=O)c3ccc(N(C(=O)O)C4CCN(C)CC4)cc3)N2)cc1OC1CCCC1. The van der Waals surface area contributed by atoms with E-state index in [1.807, 2.05) is 31.3 Å². The molecule has 39 heavy (non-hydrogen) atoms. The van der Waals surface area contributed by atoms with Crippen molar-refractivity contribution in [2.75, 3.05) is 32.1 Å². The van der Waals surface area contributed by atoms with Gasteiger partial charge in [-0.25, -0.2) is 15.2 Å². The van der Waals surface area contributed by atoms with E-state index in [0.29, 0.717) is 17.0 Å². The number of methoxy groups -OCH3 is 1. The lowest BCUT2D eigenvalue weighted by atomic mass is 10.0. The molecule has 1 saturated heterocycles. The summed E-state index contributed by atoms with van der Waals surface area (Å²) in [6, 6.07) is 12.6. The standard InChI is InChI=1S/C30H38N4O5/c1-32-18-15-24(16-19-32)34(30(36)37)23-12-9-21(10-13-23)29(35)33-17-5-8-26(31-33)22-11-14-27(38-2)28(20-22)39-25-6-3-4-7-25/h5,9-14,17,20,24-26,31H,3-4,6-8,15-16,18-19H2,1-2H3,(H,36,37). The van der Waals surface area contributed by atoms with E-state index in [4.69, 9.17) is 9.47 Å². The molecule has 9 nitrogen and oxygen atoms in total. The quantitative estimate of drug-likeness (QED) is 0.504. The maximum atomic E-state index is 13.4. The van der Waals surface area contributed by atoms with Crippen LogP contribution in [0.3, 0.4) is 0 Å². The number of ether oxygens (including phenoxy) is 2. The predicted molar refractivity (Wildman–Crippen MR) is 149 cm³/mol. The molecule has 2 heterocycles. The summed E-state index contributed by atoms with van der Waals surface area (Å²) in [5.74, 6) is 1.24. The molecule has 9 heteroatoms. The predicted octanol–water partition coefficient (Wildman–Crippen LogP) is 5.20. The number of hydrogen-bond acceptors (Lipinski definition) is 6. The van der Waals surface area contributed by atoms with Crippen molar-refractivity contribution in [2.45, 2.75) is 63.1 Å². The molecule has 1 saturated carbocycles. The second-order valence-electron chi connectivity index (χ2n) is 10.6. The number of amides is 2. The fraction of sp³-hybridized carbons (Fsp3) is 0.467. The third kappa shape index (κ3) is 6.20. The molecule has 0 spiro atoms. The molecule has 2 aliphatic heterocycles. The summed E-state index contributed by atoms with van der Waals surface area (Å²) < 4.78 is 11.8. The number of carbonyl (C=O) groups excluding carboxylic acids is 1. The highest BCUT2D eigenvalue weighted by Gasteiger charge is 2.29. The molecule has 2 amide bonds. The van der Waals surface area contributed by atoms with Crippen molar-refractivity contribution in [3.63, 3.8) is 0 Å². The van der Waals surface area contributed by atoms with Crippen molar-refractivity contribution in [1.82, 2.24) is 15.3 Å². The van der Waals surface area contributed by atoms with Crippen LogP contribution in [0.2, 0.25) is 0 Å². The Morgan fingerprint density at radius 1 is 1.00 bits per heavy atom. The number of likely N-dealkylation sites (tertiary alicyclic amines) is 1. The zero-order valence-corrected chi connectivity index (χ0v) is 22.7. The van der Waals surface area contributed by atoms with E-state index in [-0.39, 0.29) is 24.1 Å². The first kappa shape index (κ1) is 27.0. The molecule has 0 aromatic heterocycles. The number of piperidine rings is 1. The Morgan fingerprint density at radius 3 is 2.38 bits per heavy atom. The number of carboxylic acid groups (broad SMARTS) is 1. The molecule has 0 radical (unpaired) electrons. The summed E-state index contributed by atoms with van der Waals surface area (Å²) in [5, 5.41) is 11.4. The fourth-order valence-corrected chi connectivity index (χ4v) is 5.73. The van der Waals surface area contributed by atoms with Crippen LogP contribution in [0.15, 0.2) is 54.7 Å². The van der Waals surface area contributed by atoms with Crippen molar-refractivity contribution in [3.8, 4) is 11.5 Å². The van der Waals surface area contributed by atoms with Gasteiger partial charge in [0, 0.05) is 23.5 Å². The van der Waals surface area contributed by atoms with Gasteiger partial charge in [-0.2, -0.15) is 0 Å². The largest absolute Gasteiger partial charge is 0.493 e. The number of hydrazine groups is 1. The lowest BCUT2D eigenvalue weighted by Crippen LogP contribution is -2.46. The van der Waals surface area contributed by atoms with Gasteiger partial charge in [0.05, 0.1) is 19.3 Å². The van der Waals surface area contributed by atoms with Crippen molar-refractivity contribution in [3.05, 3.63) is 65.9 Å². The minimum absolute atomic E-state index is 0.0697. The van der Waals surface area contributed by atoms with Crippen LogP contribution in [-0.4, -0.2) is 66.4 Å². The first-order valence-corrected chi connectivity index (χ1v) is 13.8. The first-order chi connectivity index (χ1) is 18.9. The van der Waals surface area contributed by atoms with Gasteiger partial charge in [-0.05, 0) is 107 Å². The highest BCUT2D eigenvalue weighted by Crippen LogP contribution is 2.35. The molecule has 208 valence electrons. The van der Waals surface area contributed by atoms with E-state index in [0.717, 1.165) is 56.5 Å². The van der Waals surface area contributed by atoms with Crippen LogP contribution in [0, 0.1) is 0 Å². The molecule has 0 bridgehead atoms. The Balaban J connectivity index is 1.27. The molecule has 5 rings (SSSR count). The minimum atomic E-state index is -0.970. The van der Waals surface area contributed by atoms with Gasteiger partial charge in [0.15, 0.2) is 11.5 Å². The van der Waals surface area contributed by atoms with Gasteiger partial charge in [-0.15, -0.1) is 0 Å². The lowest BCUT2D eigenvalue weighted by molar-refractivity contribution is 0.0713. The Morgan fingerprint density at radius 2 is 1.72 bits per heavy atom. The number of nitrogens with zero attached hydrogens (tertiary/aromatic N) is 3. The second-order valence-corrected chi connectivity index (χ2v) is 10.6. The van der Waals surface area contributed by atoms with Crippen molar-refractivity contribution < 1.29 is 24.2 Å². The number of nitrogens with one attached hydrogen (secondary N) is 1. The maximum absolute atomic E-state index is 13.4. The molecule has 1 atom stereocenters.